The molecule has 1 unspecified atom stereocenters. The van der Waals surface area contributed by atoms with Gasteiger partial charge in [0, 0.05) is 0 Å². The standard InChI is InChI=1S/C6H17NOSi/c1-5-9(3,4)8-6(2)7/h6H,5,7H2,1-4H3. The third-order valence-corrected chi connectivity index (χ3v) is 4.07. The van der Waals surface area contributed by atoms with E-state index in [1.165, 1.54) is 0 Å². The SMILES string of the molecule is CC[Si](C)(C)OC(C)N. The van der Waals surface area contributed by atoms with Crippen LogP contribution in [0.15, 0.2) is 0 Å². The van der Waals surface area contributed by atoms with Crippen molar-refractivity contribution in [1.29, 1.82) is 0 Å². The molecule has 0 bridgehead atoms. The van der Waals surface area contributed by atoms with E-state index in [0.29, 0.717) is 0 Å². The predicted octanol–water partition coefficient (Wildman–Crippen LogP) is 1.53. The maximum atomic E-state index is 5.50. The minimum Gasteiger partial charge on any atom is -0.403 e. The van der Waals surface area contributed by atoms with E-state index in [1.54, 1.807) is 0 Å². The Morgan fingerprint density at radius 1 is 1.56 bits per heavy atom. The molecule has 0 fully saturated rings. The van der Waals surface area contributed by atoms with Crippen LogP contribution in [0.4, 0.5) is 0 Å². The highest BCUT2D eigenvalue weighted by Gasteiger charge is 2.20. The average molecular weight is 147 g/mol. The topological polar surface area (TPSA) is 35.2 Å². The van der Waals surface area contributed by atoms with Gasteiger partial charge in [0.15, 0.2) is 8.32 Å². The lowest BCUT2D eigenvalue weighted by atomic mass is 10.7. The van der Waals surface area contributed by atoms with E-state index in [1.807, 2.05) is 6.92 Å². The fourth-order valence-corrected chi connectivity index (χ4v) is 1.76. The van der Waals surface area contributed by atoms with Gasteiger partial charge in [-0.2, -0.15) is 0 Å². The van der Waals surface area contributed by atoms with E-state index in [2.05, 4.69) is 20.0 Å². The minimum atomic E-state index is -1.37. The Hall–Kier alpha value is 0.137. The van der Waals surface area contributed by atoms with Crippen LogP contribution in [-0.2, 0) is 4.43 Å². The minimum absolute atomic E-state index is 0.0911. The molecule has 1 atom stereocenters. The molecule has 0 amide bonds. The lowest BCUT2D eigenvalue weighted by Gasteiger charge is -2.23. The van der Waals surface area contributed by atoms with E-state index in [4.69, 9.17) is 10.2 Å². The summed E-state index contributed by atoms with van der Waals surface area (Å²) in [5, 5.41) is 0. The second kappa shape index (κ2) is 3.34. The first kappa shape index (κ1) is 9.14. The Morgan fingerprint density at radius 3 is 2.11 bits per heavy atom. The molecule has 3 heteroatoms. The van der Waals surface area contributed by atoms with Crippen molar-refractivity contribution in [2.45, 2.75) is 39.2 Å². The normalized spacial score (nSPS) is 15.7. The van der Waals surface area contributed by atoms with Gasteiger partial charge in [-0.1, -0.05) is 6.92 Å². The van der Waals surface area contributed by atoms with Gasteiger partial charge in [0.2, 0.25) is 0 Å². The van der Waals surface area contributed by atoms with Crippen LogP contribution in [0.25, 0.3) is 0 Å². The molecule has 0 aromatic rings. The summed E-state index contributed by atoms with van der Waals surface area (Å²) in [5.74, 6) is 0. The molecule has 2 nitrogen and oxygen atoms in total. The van der Waals surface area contributed by atoms with Gasteiger partial charge in [-0.25, -0.2) is 0 Å². The zero-order valence-electron chi connectivity index (χ0n) is 6.77. The Labute approximate surface area is 58.5 Å². The second-order valence-corrected chi connectivity index (χ2v) is 7.40. The first-order valence-corrected chi connectivity index (χ1v) is 6.53. The lowest BCUT2D eigenvalue weighted by molar-refractivity contribution is 0.219. The molecule has 0 saturated carbocycles. The molecule has 0 aliphatic rings. The van der Waals surface area contributed by atoms with Gasteiger partial charge in [0.1, 0.15) is 0 Å². The number of rotatable bonds is 3. The largest absolute Gasteiger partial charge is 0.403 e. The van der Waals surface area contributed by atoms with Crippen LogP contribution in [-0.4, -0.2) is 14.5 Å². The van der Waals surface area contributed by atoms with Crippen molar-refractivity contribution in [2.75, 3.05) is 0 Å². The van der Waals surface area contributed by atoms with Crippen molar-refractivity contribution in [3.05, 3.63) is 0 Å². The summed E-state index contributed by atoms with van der Waals surface area (Å²) in [7, 11) is -1.37. The molecule has 0 spiro atoms. The van der Waals surface area contributed by atoms with Crippen LogP contribution in [0, 0.1) is 0 Å². The first-order chi connectivity index (χ1) is 3.98. The molecule has 0 aromatic heterocycles. The van der Waals surface area contributed by atoms with Crippen LogP contribution >= 0.6 is 0 Å². The summed E-state index contributed by atoms with van der Waals surface area (Å²) in [6.45, 7) is 8.38. The van der Waals surface area contributed by atoms with Gasteiger partial charge >= 0.3 is 0 Å². The Balaban J connectivity index is 3.58. The molecule has 0 heterocycles. The Kier molecular flexibility index (Phi) is 3.39. The third-order valence-electron chi connectivity index (χ3n) is 1.36. The van der Waals surface area contributed by atoms with Crippen molar-refractivity contribution >= 4 is 8.32 Å². The van der Waals surface area contributed by atoms with E-state index in [-0.39, 0.29) is 6.23 Å². The number of hydrogen-bond donors (Lipinski definition) is 1. The maximum Gasteiger partial charge on any atom is 0.188 e. The van der Waals surface area contributed by atoms with E-state index in [9.17, 15) is 0 Å². The molecule has 0 aliphatic heterocycles. The van der Waals surface area contributed by atoms with Crippen molar-refractivity contribution in [3.63, 3.8) is 0 Å². The highest BCUT2D eigenvalue weighted by Crippen LogP contribution is 2.10. The van der Waals surface area contributed by atoms with E-state index < -0.39 is 8.32 Å². The van der Waals surface area contributed by atoms with Crippen LogP contribution < -0.4 is 5.73 Å². The van der Waals surface area contributed by atoms with Crippen LogP contribution in [0.3, 0.4) is 0 Å². The first-order valence-electron chi connectivity index (χ1n) is 3.41. The summed E-state index contributed by atoms with van der Waals surface area (Å²) >= 11 is 0. The second-order valence-electron chi connectivity index (χ2n) is 2.94. The van der Waals surface area contributed by atoms with Gasteiger partial charge in [-0.3, -0.25) is 0 Å². The van der Waals surface area contributed by atoms with Crippen LogP contribution in [0.2, 0.25) is 19.1 Å². The van der Waals surface area contributed by atoms with E-state index >= 15 is 0 Å². The summed E-state index contributed by atoms with van der Waals surface area (Å²) in [6, 6.07) is 1.13. The molecule has 0 aromatic carbocycles. The van der Waals surface area contributed by atoms with Crippen molar-refractivity contribution in [1.82, 2.24) is 0 Å². The van der Waals surface area contributed by atoms with Crippen LogP contribution in [0.1, 0.15) is 13.8 Å². The van der Waals surface area contributed by atoms with Crippen LogP contribution in [0.5, 0.6) is 0 Å². The smallest absolute Gasteiger partial charge is 0.188 e. The maximum absolute atomic E-state index is 5.50. The Bertz CT molecular complexity index is 83.1. The fourth-order valence-electron chi connectivity index (χ4n) is 0.587. The number of hydrogen-bond acceptors (Lipinski definition) is 2. The average Bonchev–Trinajstić information content (AvgIpc) is 1.63. The molecular formula is C6H17NOSi. The molecule has 0 aliphatic carbocycles. The zero-order chi connectivity index (χ0) is 7.49. The summed E-state index contributed by atoms with van der Waals surface area (Å²) in [4.78, 5) is 0. The van der Waals surface area contributed by atoms with Gasteiger partial charge < -0.3 is 10.2 Å². The van der Waals surface area contributed by atoms with E-state index in [0.717, 1.165) is 6.04 Å². The lowest BCUT2D eigenvalue weighted by Crippen LogP contribution is -2.37. The molecule has 0 rings (SSSR count). The van der Waals surface area contributed by atoms with Crippen molar-refractivity contribution in [2.24, 2.45) is 5.73 Å². The quantitative estimate of drug-likeness (QED) is 0.485. The monoisotopic (exact) mass is 147 g/mol. The molecule has 56 valence electrons. The van der Waals surface area contributed by atoms with Gasteiger partial charge in [0.05, 0.1) is 6.23 Å². The zero-order valence-corrected chi connectivity index (χ0v) is 7.77. The number of nitrogens with two attached hydrogens (primary N) is 1. The molecule has 0 saturated heterocycles. The fraction of sp³-hybridized carbons (Fsp3) is 1.00. The summed E-state index contributed by atoms with van der Waals surface area (Å²) in [6.07, 6.45) is -0.0911. The van der Waals surface area contributed by atoms with Gasteiger partial charge in [-0.15, -0.1) is 0 Å². The predicted molar refractivity (Wildman–Crippen MR) is 42.7 cm³/mol. The van der Waals surface area contributed by atoms with Gasteiger partial charge in [0.25, 0.3) is 0 Å². The summed E-state index contributed by atoms with van der Waals surface area (Å²) in [5.41, 5.74) is 5.47. The Morgan fingerprint density at radius 2 is 2.00 bits per heavy atom. The summed E-state index contributed by atoms with van der Waals surface area (Å²) < 4.78 is 5.50. The third kappa shape index (κ3) is 4.63. The molecule has 2 N–H and O–H groups in total. The highest BCUT2D eigenvalue weighted by atomic mass is 28.4. The van der Waals surface area contributed by atoms with Crippen molar-refractivity contribution < 1.29 is 4.43 Å². The molecule has 0 radical (unpaired) electrons. The van der Waals surface area contributed by atoms with Gasteiger partial charge in [-0.05, 0) is 26.1 Å². The molecule has 9 heavy (non-hydrogen) atoms. The highest BCUT2D eigenvalue weighted by molar-refractivity contribution is 6.71. The molecular weight excluding hydrogens is 130 g/mol. The van der Waals surface area contributed by atoms with Crippen molar-refractivity contribution in [3.8, 4) is 0 Å².